The lowest BCUT2D eigenvalue weighted by Gasteiger charge is -2.11. The maximum atomic E-state index is 12.3. The molecule has 0 aliphatic rings. The highest BCUT2D eigenvalue weighted by molar-refractivity contribution is 5.96. The third kappa shape index (κ3) is 4.18. The van der Waals surface area contributed by atoms with E-state index in [0.29, 0.717) is 11.4 Å². The molecular formula is C18H17N7O3. The molecule has 1 aromatic carbocycles. The van der Waals surface area contributed by atoms with Crippen LogP contribution in [0.25, 0.3) is 0 Å². The molecule has 0 saturated carbocycles. The van der Waals surface area contributed by atoms with Gasteiger partial charge in [0, 0.05) is 11.8 Å². The number of nitro groups is 1. The van der Waals surface area contributed by atoms with Crippen molar-refractivity contribution in [1.29, 1.82) is 0 Å². The lowest BCUT2D eigenvalue weighted by Crippen LogP contribution is -2.30. The Bertz CT molecular complexity index is 1040. The van der Waals surface area contributed by atoms with Gasteiger partial charge in [0.1, 0.15) is 12.1 Å². The van der Waals surface area contributed by atoms with E-state index in [9.17, 15) is 14.9 Å². The number of hydrogen-bond donors (Lipinski definition) is 3. The average molecular weight is 379 g/mol. The van der Waals surface area contributed by atoms with Crippen LogP contribution in [-0.4, -0.2) is 25.8 Å². The van der Waals surface area contributed by atoms with Gasteiger partial charge in [0.2, 0.25) is 11.6 Å². The summed E-state index contributed by atoms with van der Waals surface area (Å²) in [6.07, 6.45) is 2.72. The Hall–Kier alpha value is -4.08. The van der Waals surface area contributed by atoms with Crippen LogP contribution in [0.3, 0.4) is 0 Å². The summed E-state index contributed by atoms with van der Waals surface area (Å²) in [5, 5.41) is 14.4. The molecule has 28 heavy (non-hydrogen) atoms. The third-order valence-electron chi connectivity index (χ3n) is 3.85. The molecule has 2 heterocycles. The number of nitrogens with zero attached hydrogens (tertiary/aromatic N) is 4. The van der Waals surface area contributed by atoms with Crippen LogP contribution in [0.5, 0.6) is 0 Å². The maximum Gasteiger partial charge on any atom is 0.355 e. The molecular weight excluding hydrogens is 362 g/mol. The monoisotopic (exact) mass is 379 g/mol. The molecule has 0 unspecified atom stereocenters. The van der Waals surface area contributed by atoms with Gasteiger partial charge in [-0.1, -0.05) is 18.2 Å². The van der Waals surface area contributed by atoms with Crippen molar-refractivity contribution in [3.05, 3.63) is 75.7 Å². The van der Waals surface area contributed by atoms with Gasteiger partial charge in [-0.25, -0.2) is 15.0 Å². The fourth-order valence-electron chi connectivity index (χ4n) is 2.47. The van der Waals surface area contributed by atoms with Gasteiger partial charge < -0.3 is 5.32 Å². The minimum Gasteiger partial charge on any atom is -0.319 e. The highest BCUT2D eigenvalue weighted by Gasteiger charge is 2.24. The van der Waals surface area contributed by atoms with Crippen LogP contribution in [0.2, 0.25) is 0 Å². The number of carbonyl (C=O) groups is 1. The first-order chi connectivity index (χ1) is 13.5. The van der Waals surface area contributed by atoms with E-state index < -0.39 is 16.5 Å². The van der Waals surface area contributed by atoms with E-state index in [2.05, 4.69) is 31.1 Å². The van der Waals surface area contributed by atoms with Gasteiger partial charge in [-0.3, -0.25) is 25.8 Å². The minimum absolute atomic E-state index is 0.0502. The zero-order valence-electron chi connectivity index (χ0n) is 15.1. The SMILES string of the molecule is Cc1ccnc(Nc2ncnc(NNC(=O)c3ccccc3C)c2[N+](=O)[O-])c1. The number of nitrogens with one attached hydrogen (secondary N) is 3. The summed E-state index contributed by atoms with van der Waals surface area (Å²) in [6.45, 7) is 3.66. The molecule has 142 valence electrons. The highest BCUT2D eigenvalue weighted by Crippen LogP contribution is 2.30. The van der Waals surface area contributed by atoms with Gasteiger partial charge in [-0.2, -0.15) is 0 Å². The number of aryl methyl sites for hydroxylation is 2. The fourth-order valence-corrected chi connectivity index (χ4v) is 2.47. The van der Waals surface area contributed by atoms with E-state index in [-0.39, 0.29) is 11.6 Å². The molecule has 10 heteroatoms. The lowest BCUT2D eigenvalue weighted by molar-refractivity contribution is -0.383. The van der Waals surface area contributed by atoms with Crippen LogP contribution in [-0.2, 0) is 0 Å². The Morgan fingerprint density at radius 1 is 1.07 bits per heavy atom. The second kappa shape index (κ2) is 8.08. The Morgan fingerprint density at radius 3 is 2.54 bits per heavy atom. The van der Waals surface area contributed by atoms with Crippen LogP contribution in [0, 0.1) is 24.0 Å². The van der Waals surface area contributed by atoms with Gasteiger partial charge >= 0.3 is 5.69 Å². The number of hydrazine groups is 1. The molecule has 0 bridgehead atoms. The lowest BCUT2D eigenvalue weighted by atomic mass is 10.1. The van der Waals surface area contributed by atoms with E-state index in [1.807, 2.05) is 13.0 Å². The third-order valence-corrected chi connectivity index (χ3v) is 3.85. The molecule has 0 fully saturated rings. The number of carbonyl (C=O) groups excluding carboxylic acids is 1. The summed E-state index contributed by atoms with van der Waals surface area (Å²) >= 11 is 0. The Morgan fingerprint density at radius 2 is 1.82 bits per heavy atom. The molecule has 3 aromatic rings. The summed E-state index contributed by atoms with van der Waals surface area (Å²) in [7, 11) is 0. The molecule has 10 nitrogen and oxygen atoms in total. The number of anilines is 3. The van der Waals surface area contributed by atoms with Crippen LogP contribution in [0.15, 0.2) is 48.9 Å². The summed E-state index contributed by atoms with van der Waals surface area (Å²) in [4.78, 5) is 35.2. The highest BCUT2D eigenvalue weighted by atomic mass is 16.6. The van der Waals surface area contributed by atoms with Crippen molar-refractivity contribution in [2.24, 2.45) is 0 Å². The predicted octanol–water partition coefficient (Wildman–Crippen LogP) is 2.90. The minimum atomic E-state index is -0.639. The molecule has 0 saturated heterocycles. The zero-order chi connectivity index (χ0) is 20.1. The number of pyridine rings is 1. The molecule has 3 N–H and O–H groups in total. The van der Waals surface area contributed by atoms with Crippen molar-refractivity contribution < 1.29 is 9.72 Å². The maximum absolute atomic E-state index is 12.3. The predicted molar refractivity (Wildman–Crippen MR) is 103 cm³/mol. The summed E-state index contributed by atoms with van der Waals surface area (Å²) < 4.78 is 0. The van der Waals surface area contributed by atoms with Gasteiger partial charge in [0.15, 0.2) is 0 Å². The van der Waals surface area contributed by atoms with E-state index in [4.69, 9.17) is 0 Å². The molecule has 0 radical (unpaired) electrons. The van der Waals surface area contributed by atoms with E-state index in [1.54, 1.807) is 43.5 Å². The summed E-state index contributed by atoms with van der Waals surface area (Å²) in [5.41, 5.74) is 6.65. The van der Waals surface area contributed by atoms with E-state index >= 15 is 0 Å². The summed E-state index contributed by atoms with van der Waals surface area (Å²) in [6, 6.07) is 10.5. The normalized spacial score (nSPS) is 10.2. The quantitative estimate of drug-likeness (QED) is 0.439. The number of hydrogen-bond acceptors (Lipinski definition) is 8. The van der Waals surface area contributed by atoms with Gasteiger partial charge in [-0.15, -0.1) is 0 Å². The number of rotatable bonds is 6. The van der Waals surface area contributed by atoms with Gasteiger partial charge in [0.25, 0.3) is 5.91 Å². The van der Waals surface area contributed by atoms with E-state index in [0.717, 1.165) is 17.5 Å². The number of benzene rings is 1. The van der Waals surface area contributed by atoms with Gasteiger partial charge in [0.05, 0.1) is 4.92 Å². The van der Waals surface area contributed by atoms with Crippen molar-refractivity contribution in [2.45, 2.75) is 13.8 Å². The molecule has 0 aliphatic carbocycles. The van der Waals surface area contributed by atoms with Crippen molar-refractivity contribution in [1.82, 2.24) is 20.4 Å². The largest absolute Gasteiger partial charge is 0.355 e. The number of aromatic nitrogens is 3. The van der Waals surface area contributed by atoms with Gasteiger partial charge in [-0.05, 0) is 43.2 Å². The molecule has 0 aliphatic heterocycles. The van der Waals surface area contributed by atoms with Crippen molar-refractivity contribution >= 4 is 29.0 Å². The Balaban J connectivity index is 1.84. The van der Waals surface area contributed by atoms with Crippen LogP contribution in [0.1, 0.15) is 21.5 Å². The standard InChI is InChI=1S/C18H17N7O3/c1-11-7-8-19-14(9-11)22-16-15(25(27)28)17(21-10-20-16)23-24-18(26)13-6-4-3-5-12(13)2/h3-10H,1-2H3,(H,24,26)(H2,19,20,21,22,23). The molecule has 2 aromatic heterocycles. The number of amides is 1. The zero-order valence-corrected chi connectivity index (χ0v) is 15.1. The second-order valence-electron chi connectivity index (χ2n) is 5.91. The first-order valence-corrected chi connectivity index (χ1v) is 8.27. The first-order valence-electron chi connectivity index (χ1n) is 8.27. The van der Waals surface area contributed by atoms with E-state index in [1.165, 1.54) is 0 Å². The van der Waals surface area contributed by atoms with Crippen LogP contribution >= 0.6 is 0 Å². The average Bonchev–Trinajstić information content (AvgIpc) is 2.66. The Labute approximate surface area is 160 Å². The first kappa shape index (κ1) is 18.7. The van der Waals surface area contributed by atoms with Crippen LogP contribution in [0.4, 0.5) is 23.1 Å². The molecule has 1 amide bonds. The smallest absolute Gasteiger partial charge is 0.319 e. The second-order valence-corrected chi connectivity index (χ2v) is 5.91. The molecule has 0 atom stereocenters. The van der Waals surface area contributed by atoms with Crippen molar-refractivity contribution in [3.63, 3.8) is 0 Å². The fraction of sp³-hybridized carbons (Fsp3) is 0.111. The summed E-state index contributed by atoms with van der Waals surface area (Å²) in [5.74, 6) is -0.250. The van der Waals surface area contributed by atoms with Crippen molar-refractivity contribution in [2.75, 3.05) is 10.7 Å². The molecule has 3 rings (SSSR count). The Kier molecular flexibility index (Phi) is 5.40. The topological polar surface area (TPSA) is 135 Å². The van der Waals surface area contributed by atoms with Crippen molar-refractivity contribution in [3.8, 4) is 0 Å². The molecule has 0 spiro atoms. The van der Waals surface area contributed by atoms with Crippen LogP contribution < -0.4 is 16.2 Å².